The fourth-order valence-corrected chi connectivity index (χ4v) is 2.16. The summed E-state index contributed by atoms with van der Waals surface area (Å²) >= 11 is 0. The van der Waals surface area contributed by atoms with E-state index >= 15 is 0 Å². The average molecular weight is 325 g/mol. The highest BCUT2D eigenvalue weighted by Crippen LogP contribution is 2.32. The van der Waals surface area contributed by atoms with Gasteiger partial charge in [0.15, 0.2) is 0 Å². The summed E-state index contributed by atoms with van der Waals surface area (Å²) in [6.45, 7) is -0.195. The number of benzene rings is 2. The van der Waals surface area contributed by atoms with Gasteiger partial charge in [-0.2, -0.15) is 13.2 Å². The lowest BCUT2D eigenvalue weighted by Crippen LogP contribution is -2.28. The molecule has 2 rings (SSSR count). The fourth-order valence-electron chi connectivity index (χ4n) is 2.16. The van der Waals surface area contributed by atoms with Crippen LogP contribution in [-0.2, 0) is 6.18 Å². The maximum atomic E-state index is 12.6. The molecule has 0 radical (unpaired) electrons. The van der Waals surface area contributed by atoms with Crippen molar-refractivity contribution in [3.05, 3.63) is 65.7 Å². The second-order valence-corrected chi connectivity index (χ2v) is 5.22. The van der Waals surface area contributed by atoms with Crippen LogP contribution in [0.15, 0.2) is 54.6 Å². The molecule has 0 aliphatic heterocycles. The van der Waals surface area contributed by atoms with Crippen LogP contribution in [0, 0.1) is 0 Å². The van der Waals surface area contributed by atoms with Crippen molar-refractivity contribution in [1.82, 2.24) is 0 Å². The van der Waals surface area contributed by atoms with E-state index in [-0.39, 0.29) is 6.61 Å². The summed E-state index contributed by atoms with van der Waals surface area (Å²) in [4.78, 5) is 0. The van der Waals surface area contributed by atoms with Gasteiger partial charge < -0.3 is 15.6 Å². The van der Waals surface area contributed by atoms with Crippen molar-refractivity contribution >= 4 is 0 Å². The quantitative estimate of drug-likeness (QED) is 0.854. The third-order valence-electron chi connectivity index (χ3n) is 3.38. The Morgan fingerprint density at radius 2 is 1.61 bits per heavy atom. The lowest BCUT2D eigenvalue weighted by atomic mass is 10.0. The zero-order valence-corrected chi connectivity index (χ0v) is 12.3. The molecule has 0 unspecified atom stereocenters. The molecule has 3 N–H and O–H groups in total. The summed E-state index contributed by atoms with van der Waals surface area (Å²) in [7, 11) is 0. The van der Waals surface area contributed by atoms with Gasteiger partial charge in [0, 0.05) is 12.5 Å². The Hall–Kier alpha value is -2.05. The highest BCUT2D eigenvalue weighted by molar-refractivity contribution is 5.30. The third-order valence-corrected chi connectivity index (χ3v) is 3.38. The second kappa shape index (κ2) is 7.48. The van der Waals surface area contributed by atoms with Gasteiger partial charge in [-0.25, -0.2) is 0 Å². The molecule has 23 heavy (non-hydrogen) atoms. The summed E-state index contributed by atoms with van der Waals surface area (Å²) in [5.41, 5.74) is 5.88. The van der Waals surface area contributed by atoms with Crippen molar-refractivity contribution in [2.24, 2.45) is 5.73 Å². The first-order valence-corrected chi connectivity index (χ1v) is 7.15. The van der Waals surface area contributed by atoms with Crippen LogP contribution in [0.2, 0.25) is 0 Å². The Balaban J connectivity index is 2.17. The molecule has 0 heterocycles. The highest BCUT2D eigenvalue weighted by Gasteiger charge is 2.30. The topological polar surface area (TPSA) is 55.5 Å². The normalized spacial score (nSPS) is 14.3. The van der Waals surface area contributed by atoms with Crippen molar-refractivity contribution in [1.29, 1.82) is 0 Å². The number of hydrogen-bond acceptors (Lipinski definition) is 3. The number of nitrogens with two attached hydrogens (primary N) is 1. The van der Waals surface area contributed by atoms with Crippen molar-refractivity contribution in [2.45, 2.75) is 24.7 Å². The van der Waals surface area contributed by atoms with Crippen molar-refractivity contribution in [2.75, 3.05) is 6.61 Å². The summed E-state index contributed by atoms with van der Waals surface area (Å²) in [6.07, 6.45) is -4.48. The number of ether oxygens (including phenoxy) is 1. The Kier molecular flexibility index (Phi) is 5.63. The number of rotatable bonds is 6. The minimum Gasteiger partial charge on any atom is -0.486 e. The molecule has 0 amide bonds. The largest absolute Gasteiger partial charge is 0.486 e. The van der Waals surface area contributed by atoms with Gasteiger partial charge in [-0.15, -0.1) is 0 Å². The van der Waals surface area contributed by atoms with Gasteiger partial charge >= 0.3 is 6.18 Å². The molecular formula is C17H18F3NO2. The van der Waals surface area contributed by atoms with Gasteiger partial charge in [-0.1, -0.05) is 30.3 Å². The van der Waals surface area contributed by atoms with E-state index in [1.165, 1.54) is 12.1 Å². The van der Waals surface area contributed by atoms with Gasteiger partial charge in [0.2, 0.25) is 0 Å². The molecule has 0 fully saturated rings. The maximum absolute atomic E-state index is 12.6. The van der Waals surface area contributed by atoms with Gasteiger partial charge in [0.05, 0.1) is 12.2 Å². The van der Waals surface area contributed by atoms with Gasteiger partial charge in [0.25, 0.3) is 0 Å². The molecular weight excluding hydrogens is 307 g/mol. The van der Waals surface area contributed by atoms with E-state index in [9.17, 15) is 13.2 Å². The zero-order valence-electron chi connectivity index (χ0n) is 12.3. The van der Waals surface area contributed by atoms with Crippen LogP contribution in [0.1, 0.15) is 23.7 Å². The predicted octanol–water partition coefficient (Wildman–Crippen LogP) is 3.54. The van der Waals surface area contributed by atoms with Crippen LogP contribution in [0.5, 0.6) is 5.75 Å². The Labute approximate surface area is 132 Å². The molecule has 0 bridgehead atoms. The van der Waals surface area contributed by atoms with Crippen LogP contribution in [0.25, 0.3) is 0 Å². The van der Waals surface area contributed by atoms with Crippen molar-refractivity contribution < 1.29 is 23.0 Å². The molecule has 2 atom stereocenters. The molecule has 0 saturated heterocycles. The minimum absolute atomic E-state index is 0.195. The number of hydrogen-bond donors (Lipinski definition) is 2. The smallest absolute Gasteiger partial charge is 0.416 e. The average Bonchev–Trinajstić information content (AvgIpc) is 2.54. The van der Waals surface area contributed by atoms with E-state index in [1.807, 2.05) is 30.3 Å². The van der Waals surface area contributed by atoms with E-state index in [0.717, 1.165) is 17.7 Å². The first-order valence-electron chi connectivity index (χ1n) is 7.15. The first-order chi connectivity index (χ1) is 10.9. The number of aliphatic hydroxyl groups excluding tert-OH is 1. The van der Waals surface area contributed by atoms with Gasteiger partial charge in [-0.3, -0.25) is 0 Å². The van der Waals surface area contributed by atoms with Crippen LogP contribution in [-0.4, -0.2) is 17.8 Å². The van der Waals surface area contributed by atoms with Crippen LogP contribution in [0.4, 0.5) is 13.2 Å². The molecule has 0 spiro atoms. The first kappa shape index (κ1) is 17.3. The van der Waals surface area contributed by atoms with Crippen LogP contribution in [0.3, 0.4) is 0 Å². The summed E-state index contributed by atoms with van der Waals surface area (Å²) in [5.74, 6) is 0.317. The monoisotopic (exact) mass is 325 g/mol. The van der Waals surface area contributed by atoms with Crippen LogP contribution >= 0.6 is 0 Å². The van der Waals surface area contributed by atoms with Gasteiger partial charge in [-0.05, 0) is 29.8 Å². The standard InChI is InChI=1S/C17H18F3NO2/c18-17(19,20)13-6-8-15(9-7-13)23-16(10-14(21)11-22)12-4-2-1-3-5-12/h1-9,14,16,22H,10-11,21H2/t14-,16+/m0/s1. The van der Waals surface area contributed by atoms with Gasteiger partial charge in [0.1, 0.15) is 11.9 Å². The van der Waals surface area contributed by atoms with E-state index in [4.69, 9.17) is 15.6 Å². The third kappa shape index (κ3) is 4.97. The fraction of sp³-hybridized carbons (Fsp3) is 0.294. The summed E-state index contributed by atoms with van der Waals surface area (Å²) in [5, 5.41) is 9.12. The number of halogens is 3. The number of aliphatic hydroxyl groups is 1. The summed E-state index contributed by atoms with van der Waals surface area (Å²) < 4.78 is 43.5. The minimum atomic E-state index is -4.38. The van der Waals surface area contributed by atoms with E-state index in [2.05, 4.69) is 0 Å². The Morgan fingerprint density at radius 3 is 2.13 bits per heavy atom. The van der Waals surface area contributed by atoms with E-state index in [0.29, 0.717) is 12.2 Å². The lowest BCUT2D eigenvalue weighted by molar-refractivity contribution is -0.137. The highest BCUT2D eigenvalue weighted by atomic mass is 19.4. The summed E-state index contributed by atoms with van der Waals surface area (Å²) in [6, 6.07) is 13.3. The molecule has 0 saturated carbocycles. The molecule has 6 heteroatoms. The van der Waals surface area contributed by atoms with E-state index < -0.39 is 23.9 Å². The van der Waals surface area contributed by atoms with Crippen molar-refractivity contribution in [3.63, 3.8) is 0 Å². The molecule has 3 nitrogen and oxygen atoms in total. The molecule has 2 aromatic carbocycles. The van der Waals surface area contributed by atoms with E-state index in [1.54, 1.807) is 0 Å². The SMILES string of the molecule is N[C@H](CO)C[C@@H](Oc1ccc(C(F)(F)F)cc1)c1ccccc1. The molecule has 2 aromatic rings. The Bertz CT molecular complexity index is 599. The maximum Gasteiger partial charge on any atom is 0.416 e. The second-order valence-electron chi connectivity index (χ2n) is 5.22. The zero-order chi connectivity index (χ0) is 16.9. The Morgan fingerprint density at radius 1 is 1.00 bits per heavy atom. The van der Waals surface area contributed by atoms with Crippen molar-refractivity contribution in [3.8, 4) is 5.75 Å². The number of alkyl halides is 3. The molecule has 124 valence electrons. The lowest BCUT2D eigenvalue weighted by Gasteiger charge is -2.22. The molecule has 0 aliphatic rings. The van der Waals surface area contributed by atoms with Crippen LogP contribution < -0.4 is 10.5 Å². The molecule has 0 aromatic heterocycles. The molecule has 0 aliphatic carbocycles. The predicted molar refractivity (Wildman–Crippen MR) is 80.9 cm³/mol.